The molecule has 0 fully saturated rings. The smallest absolute Gasteiger partial charge is 0.0568 e. The number of nitrogens with two attached hydrogens (primary N) is 1. The third-order valence-corrected chi connectivity index (χ3v) is 4.53. The Kier molecular flexibility index (Phi) is 2.81. The van der Waals surface area contributed by atoms with E-state index in [9.17, 15) is 0 Å². The van der Waals surface area contributed by atoms with Gasteiger partial charge in [0.25, 0.3) is 0 Å². The maximum atomic E-state index is 6.19. The second-order valence-electron chi connectivity index (χ2n) is 4.85. The van der Waals surface area contributed by atoms with Crippen molar-refractivity contribution in [2.24, 2.45) is 5.73 Å². The van der Waals surface area contributed by atoms with Crippen LogP contribution < -0.4 is 5.73 Å². The fourth-order valence-electron chi connectivity index (χ4n) is 2.78. The Morgan fingerprint density at radius 2 is 2.41 bits per heavy atom. The third-order valence-electron chi connectivity index (χ3n) is 3.67. The number of nitrogens with zero attached hydrogens (tertiary/aromatic N) is 1. The lowest BCUT2D eigenvalue weighted by atomic mass is 9.93. The van der Waals surface area contributed by atoms with Crippen molar-refractivity contribution in [3.63, 3.8) is 0 Å². The topological polar surface area (TPSA) is 30.9 Å². The molecule has 0 bridgehead atoms. The van der Waals surface area contributed by atoms with Gasteiger partial charge < -0.3 is 10.3 Å². The van der Waals surface area contributed by atoms with Crippen LogP contribution in [0.25, 0.3) is 0 Å². The Balaban J connectivity index is 1.99. The van der Waals surface area contributed by atoms with E-state index in [2.05, 4.69) is 35.1 Å². The van der Waals surface area contributed by atoms with Gasteiger partial charge in [0, 0.05) is 22.3 Å². The molecule has 3 rings (SSSR count). The summed E-state index contributed by atoms with van der Waals surface area (Å²) in [5, 5.41) is 2.15. The molecule has 1 aliphatic rings. The molecule has 0 radical (unpaired) electrons. The van der Waals surface area contributed by atoms with Crippen molar-refractivity contribution >= 4 is 11.3 Å². The quantitative estimate of drug-likeness (QED) is 0.866. The maximum absolute atomic E-state index is 6.19. The lowest BCUT2D eigenvalue weighted by Crippen LogP contribution is -2.18. The van der Waals surface area contributed by atoms with Crippen LogP contribution in [0, 0.1) is 6.92 Å². The van der Waals surface area contributed by atoms with Gasteiger partial charge in [-0.15, -0.1) is 11.3 Å². The van der Waals surface area contributed by atoms with E-state index in [1.807, 2.05) is 11.3 Å². The van der Waals surface area contributed by atoms with Crippen LogP contribution in [0.5, 0.6) is 0 Å². The number of aryl methyl sites for hydroxylation is 1. The first-order valence-corrected chi connectivity index (χ1v) is 7.10. The molecule has 2 nitrogen and oxygen atoms in total. The summed E-state index contributed by atoms with van der Waals surface area (Å²) in [6.07, 6.45) is 3.54. The minimum absolute atomic E-state index is 0.252. The highest BCUT2D eigenvalue weighted by Crippen LogP contribution is 2.31. The zero-order valence-corrected chi connectivity index (χ0v) is 11.0. The fourth-order valence-corrected chi connectivity index (χ4v) is 3.47. The molecule has 0 saturated carbocycles. The average molecular weight is 246 g/mol. The highest BCUT2D eigenvalue weighted by Gasteiger charge is 2.22. The third kappa shape index (κ3) is 1.94. The van der Waals surface area contributed by atoms with Gasteiger partial charge in [0.2, 0.25) is 0 Å². The molecule has 2 aromatic rings. The first kappa shape index (κ1) is 11.1. The highest BCUT2D eigenvalue weighted by molar-refractivity contribution is 7.09. The molecular formula is C14H18N2S. The van der Waals surface area contributed by atoms with Crippen molar-refractivity contribution in [2.45, 2.75) is 38.8 Å². The van der Waals surface area contributed by atoms with Crippen LogP contribution >= 0.6 is 11.3 Å². The van der Waals surface area contributed by atoms with Gasteiger partial charge in [0.1, 0.15) is 0 Å². The summed E-state index contributed by atoms with van der Waals surface area (Å²) in [7, 11) is 0. The molecule has 90 valence electrons. The summed E-state index contributed by atoms with van der Waals surface area (Å²) < 4.78 is 2.44. The standard InChI is InChI=1S/C14H18N2S/c1-10-8-12-13(15)5-2-6-14(12)16(10)9-11-4-3-7-17-11/h3-4,7-8,13H,2,5-6,9,15H2,1H3. The van der Waals surface area contributed by atoms with Crippen LogP contribution in [-0.2, 0) is 13.0 Å². The molecule has 0 spiro atoms. The zero-order valence-electron chi connectivity index (χ0n) is 10.1. The van der Waals surface area contributed by atoms with Gasteiger partial charge in [-0.05, 0) is 49.3 Å². The zero-order chi connectivity index (χ0) is 11.8. The van der Waals surface area contributed by atoms with Gasteiger partial charge in [-0.1, -0.05) is 6.07 Å². The van der Waals surface area contributed by atoms with E-state index < -0.39 is 0 Å². The molecule has 3 heteroatoms. The molecule has 2 heterocycles. The van der Waals surface area contributed by atoms with Crippen molar-refractivity contribution < 1.29 is 0 Å². The molecule has 1 unspecified atom stereocenters. The SMILES string of the molecule is Cc1cc2c(n1Cc1cccs1)CCCC2N. The molecule has 0 aromatic carbocycles. The number of hydrogen-bond acceptors (Lipinski definition) is 2. The van der Waals surface area contributed by atoms with Crippen LogP contribution in [0.2, 0.25) is 0 Å². The maximum Gasteiger partial charge on any atom is 0.0568 e. The monoisotopic (exact) mass is 246 g/mol. The summed E-state index contributed by atoms with van der Waals surface area (Å²) in [5.74, 6) is 0. The van der Waals surface area contributed by atoms with Crippen LogP contribution in [0.15, 0.2) is 23.6 Å². The van der Waals surface area contributed by atoms with Crippen LogP contribution in [0.4, 0.5) is 0 Å². The second-order valence-corrected chi connectivity index (χ2v) is 5.88. The Bertz CT molecular complexity index is 511. The van der Waals surface area contributed by atoms with Crippen molar-refractivity contribution in [1.29, 1.82) is 0 Å². The average Bonchev–Trinajstić information content (AvgIpc) is 2.91. The van der Waals surface area contributed by atoms with E-state index in [0.717, 1.165) is 13.0 Å². The molecule has 2 N–H and O–H groups in total. The molecule has 0 amide bonds. The number of fused-ring (bicyclic) bond motifs is 1. The van der Waals surface area contributed by atoms with Gasteiger partial charge >= 0.3 is 0 Å². The molecule has 0 saturated heterocycles. The second kappa shape index (κ2) is 4.31. The highest BCUT2D eigenvalue weighted by atomic mass is 32.1. The summed E-state index contributed by atoms with van der Waals surface area (Å²) in [6, 6.07) is 6.87. The molecule has 2 aromatic heterocycles. The van der Waals surface area contributed by atoms with Crippen LogP contribution in [-0.4, -0.2) is 4.57 Å². The van der Waals surface area contributed by atoms with E-state index in [1.54, 1.807) is 0 Å². The Labute approximate surface area is 106 Å². The normalized spacial score (nSPS) is 19.3. The largest absolute Gasteiger partial charge is 0.343 e. The van der Waals surface area contributed by atoms with Crippen LogP contribution in [0.1, 0.15) is 40.7 Å². The van der Waals surface area contributed by atoms with Gasteiger partial charge in [0.05, 0.1) is 6.54 Å². The molecule has 0 aliphatic heterocycles. The summed E-state index contributed by atoms with van der Waals surface area (Å²) in [6.45, 7) is 3.20. The van der Waals surface area contributed by atoms with E-state index in [1.165, 1.54) is 34.7 Å². The van der Waals surface area contributed by atoms with Crippen LogP contribution in [0.3, 0.4) is 0 Å². The number of thiophene rings is 1. The van der Waals surface area contributed by atoms with E-state index in [-0.39, 0.29) is 6.04 Å². The van der Waals surface area contributed by atoms with E-state index >= 15 is 0 Å². The molecule has 1 aliphatic carbocycles. The summed E-state index contributed by atoms with van der Waals surface area (Å²) in [5.41, 5.74) is 10.4. The molecular weight excluding hydrogens is 228 g/mol. The Morgan fingerprint density at radius 1 is 1.53 bits per heavy atom. The van der Waals surface area contributed by atoms with Gasteiger partial charge in [-0.25, -0.2) is 0 Å². The van der Waals surface area contributed by atoms with Crippen molar-refractivity contribution in [1.82, 2.24) is 4.57 Å². The first-order chi connectivity index (χ1) is 8.25. The lowest BCUT2D eigenvalue weighted by Gasteiger charge is -2.21. The van der Waals surface area contributed by atoms with Gasteiger partial charge in [-0.3, -0.25) is 0 Å². The minimum Gasteiger partial charge on any atom is -0.343 e. The fraction of sp³-hybridized carbons (Fsp3) is 0.429. The first-order valence-electron chi connectivity index (χ1n) is 6.22. The predicted molar refractivity (Wildman–Crippen MR) is 72.5 cm³/mol. The lowest BCUT2D eigenvalue weighted by molar-refractivity contribution is 0.547. The number of hydrogen-bond donors (Lipinski definition) is 1. The number of aromatic nitrogens is 1. The minimum atomic E-state index is 0.252. The Hall–Kier alpha value is -1.06. The molecule has 17 heavy (non-hydrogen) atoms. The van der Waals surface area contributed by atoms with Gasteiger partial charge in [0.15, 0.2) is 0 Å². The summed E-state index contributed by atoms with van der Waals surface area (Å²) >= 11 is 1.83. The summed E-state index contributed by atoms with van der Waals surface area (Å²) in [4.78, 5) is 1.42. The van der Waals surface area contributed by atoms with Crippen molar-refractivity contribution in [3.8, 4) is 0 Å². The van der Waals surface area contributed by atoms with Crippen molar-refractivity contribution in [2.75, 3.05) is 0 Å². The predicted octanol–water partition coefficient (Wildman–Crippen LogP) is 3.24. The van der Waals surface area contributed by atoms with Gasteiger partial charge in [-0.2, -0.15) is 0 Å². The van der Waals surface area contributed by atoms with E-state index in [4.69, 9.17) is 5.73 Å². The van der Waals surface area contributed by atoms with Crippen molar-refractivity contribution in [3.05, 3.63) is 45.4 Å². The van der Waals surface area contributed by atoms with E-state index in [0.29, 0.717) is 0 Å². The Morgan fingerprint density at radius 3 is 3.18 bits per heavy atom. The number of rotatable bonds is 2. The molecule has 1 atom stereocenters.